The highest BCUT2D eigenvalue weighted by molar-refractivity contribution is 5.74. The Morgan fingerprint density at radius 1 is 1.06 bits per heavy atom. The van der Waals surface area contributed by atoms with Crippen molar-refractivity contribution < 1.29 is 35.9 Å². The molecule has 1 aliphatic rings. The molecule has 0 aromatic heterocycles. The van der Waals surface area contributed by atoms with Gasteiger partial charge in [0.1, 0.15) is 23.2 Å². The molecule has 0 bridgehead atoms. The van der Waals surface area contributed by atoms with Crippen molar-refractivity contribution in [1.29, 1.82) is 0 Å². The highest BCUT2D eigenvalue weighted by Crippen LogP contribution is 2.27. The Balaban J connectivity index is 1.78. The average Bonchev–Trinajstić information content (AvgIpc) is 2.72. The van der Waals surface area contributed by atoms with Crippen LogP contribution in [0.1, 0.15) is 24.0 Å². The third-order valence-corrected chi connectivity index (χ3v) is 5.43. The van der Waals surface area contributed by atoms with E-state index in [2.05, 4.69) is 15.0 Å². The minimum Gasteiger partial charge on any atom is -0.405 e. The predicted molar refractivity (Wildman–Crippen MR) is 108 cm³/mol. The largest absolute Gasteiger partial charge is 0.573 e. The molecule has 0 unspecified atom stereocenters. The van der Waals surface area contributed by atoms with E-state index in [-0.39, 0.29) is 30.3 Å². The maximum Gasteiger partial charge on any atom is 0.573 e. The number of amides is 2. The summed E-state index contributed by atoms with van der Waals surface area (Å²) in [6, 6.07) is 4.76. The summed E-state index contributed by atoms with van der Waals surface area (Å²) in [6.07, 6.45) is -3.83. The topological polar surface area (TPSA) is 44.8 Å². The van der Waals surface area contributed by atoms with Crippen LogP contribution >= 0.6 is 0 Å². The third-order valence-electron chi connectivity index (χ3n) is 5.43. The first-order chi connectivity index (χ1) is 15.5. The van der Waals surface area contributed by atoms with Gasteiger partial charge in [-0.25, -0.2) is 18.0 Å². The molecule has 2 aromatic carbocycles. The van der Waals surface area contributed by atoms with Gasteiger partial charge >= 0.3 is 12.4 Å². The molecule has 0 aliphatic carbocycles. The van der Waals surface area contributed by atoms with Gasteiger partial charge in [-0.1, -0.05) is 12.1 Å². The third kappa shape index (κ3) is 7.01. The fourth-order valence-electron chi connectivity index (χ4n) is 3.67. The first-order valence-corrected chi connectivity index (χ1v) is 10.2. The lowest BCUT2D eigenvalue weighted by molar-refractivity contribution is -0.275. The van der Waals surface area contributed by atoms with Crippen molar-refractivity contribution in [3.05, 3.63) is 65.0 Å². The van der Waals surface area contributed by atoms with Crippen LogP contribution in [0.5, 0.6) is 5.75 Å². The minimum absolute atomic E-state index is 0.0848. The zero-order valence-electron chi connectivity index (χ0n) is 17.8. The Morgan fingerprint density at radius 2 is 1.67 bits per heavy atom. The van der Waals surface area contributed by atoms with Crippen LogP contribution in [0.3, 0.4) is 0 Å². The van der Waals surface area contributed by atoms with Crippen molar-refractivity contribution >= 4 is 6.03 Å². The summed E-state index contributed by atoms with van der Waals surface area (Å²) in [7, 11) is 1.93. The molecule has 3 rings (SSSR count). The van der Waals surface area contributed by atoms with E-state index < -0.39 is 35.6 Å². The molecular formula is C22H23F6N3O2. The summed E-state index contributed by atoms with van der Waals surface area (Å²) >= 11 is 0. The molecule has 180 valence electrons. The molecule has 33 heavy (non-hydrogen) atoms. The smallest absolute Gasteiger partial charge is 0.405 e. The molecule has 1 N–H and O–H groups in total. The van der Waals surface area contributed by atoms with Crippen molar-refractivity contribution in [2.75, 3.05) is 20.1 Å². The van der Waals surface area contributed by atoms with E-state index in [1.807, 2.05) is 7.05 Å². The van der Waals surface area contributed by atoms with Gasteiger partial charge in [-0.05, 0) is 45.1 Å². The van der Waals surface area contributed by atoms with Gasteiger partial charge in [-0.15, -0.1) is 13.2 Å². The molecule has 0 spiro atoms. The van der Waals surface area contributed by atoms with Gasteiger partial charge in [-0.2, -0.15) is 0 Å². The van der Waals surface area contributed by atoms with Crippen molar-refractivity contribution in [2.24, 2.45) is 0 Å². The summed E-state index contributed by atoms with van der Waals surface area (Å²) in [5.41, 5.74) is 0.0201. The number of carbonyl (C=O) groups excluding carboxylic acids is 1. The standard InChI is InChI=1S/C22H23F6N3O2/c1-30-8-6-18(7-9-30)31(13-15-3-5-16(23)10-19(15)25)21(32)29-12-14-2-4-17(24)11-20(14)33-22(26,27)28/h2-5,10-11,18H,6-9,12-13H2,1H3,(H,29,32). The van der Waals surface area contributed by atoms with E-state index in [0.717, 1.165) is 24.3 Å². The fraction of sp³-hybridized carbons (Fsp3) is 0.409. The Bertz CT molecular complexity index is 977. The highest BCUT2D eigenvalue weighted by atomic mass is 19.4. The van der Waals surface area contributed by atoms with E-state index in [1.54, 1.807) is 0 Å². The Morgan fingerprint density at radius 3 is 2.27 bits per heavy atom. The van der Waals surface area contributed by atoms with Gasteiger partial charge in [0, 0.05) is 35.8 Å². The zero-order valence-corrected chi connectivity index (χ0v) is 17.8. The van der Waals surface area contributed by atoms with E-state index in [1.165, 1.54) is 11.0 Å². The number of alkyl halides is 3. The molecule has 1 aliphatic heterocycles. The second-order valence-corrected chi connectivity index (χ2v) is 7.86. The van der Waals surface area contributed by atoms with Crippen molar-refractivity contribution in [2.45, 2.75) is 38.3 Å². The number of hydrogen-bond acceptors (Lipinski definition) is 3. The van der Waals surface area contributed by atoms with Crippen LogP contribution in [-0.2, 0) is 13.1 Å². The second-order valence-electron chi connectivity index (χ2n) is 7.86. The number of urea groups is 1. The Labute approximate surface area is 186 Å². The van der Waals surface area contributed by atoms with Crippen LogP contribution in [0.2, 0.25) is 0 Å². The first-order valence-electron chi connectivity index (χ1n) is 10.2. The molecule has 1 heterocycles. The van der Waals surface area contributed by atoms with Gasteiger partial charge in [0.25, 0.3) is 0 Å². The molecule has 2 aromatic rings. The molecule has 1 fully saturated rings. The fourth-order valence-corrected chi connectivity index (χ4v) is 3.67. The number of piperidine rings is 1. The second kappa shape index (κ2) is 10.3. The molecule has 5 nitrogen and oxygen atoms in total. The molecular weight excluding hydrogens is 452 g/mol. The van der Waals surface area contributed by atoms with Gasteiger partial charge in [-0.3, -0.25) is 0 Å². The number of benzene rings is 2. The Hall–Kier alpha value is -2.95. The quantitative estimate of drug-likeness (QED) is 0.610. The first kappa shape index (κ1) is 24.7. The maximum absolute atomic E-state index is 14.2. The lowest BCUT2D eigenvalue weighted by Crippen LogP contribution is -2.49. The molecule has 0 saturated carbocycles. The van der Waals surface area contributed by atoms with E-state index >= 15 is 0 Å². The van der Waals surface area contributed by atoms with Crippen molar-refractivity contribution in [3.63, 3.8) is 0 Å². The summed E-state index contributed by atoms with van der Waals surface area (Å²) < 4.78 is 82.8. The van der Waals surface area contributed by atoms with Crippen molar-refractivity contribution in [1.82, 2.24) is 15.1 Å². The number of nitrogens with zero attached hydrogens (tertiary/aromatic N) is 2. The van der Waals surface area contributed by atoms with Crippen LogP contribution < -0.4 is 10.1 Å². The van der Waals surface area contributed by atoms with Crippen LogP contribution in [-0.4, -0.2) is 48.4 Å². The van der Waals surface area contributed by atoms with Gasteiger partial charge in [0.2, 0.25) is 0 Å². The number of hydrogen-bond donors (Lipinski definition) is 1. The maximum atomic E-state index is 14.2. The monoisotopic (exact) mass is 475 g/mol. The van der Waals surface area contributed by atoms with E-state index in [4.69, 9.17) is 0 Å². The molecule has 0 radical (unpaired) electrons. The average molecular weight is 475 g/mol. The van der Waals surface area contributed by atoms with Gasteiger partial charge in [0.05, 0.1) is 6.54 Å². The normalized spacial score (nSPS) is 15.4. The number of rotatable bonds is 6. The predicted octanol–water partition coefficient (Wildman–Crippen LogP) is 4.81. The summed E-state index contributed by atoms with van der Waals surface area (Å²) in [6.45, 7) is 0.866. The molecule has 0 atom stereocenters. The SMILES string of the molecule is CN1CCC(N(Cc2ccc(F)cc2F)C(=O)NCc2ccc(F)cc2OC(F)(F)F)CC1. The van der Waals surface area contributed by atoms with Gasteiger partial charge in [0.15, 0.2) is 0 Å². The molecule has 1 saturated heterocycles. The van der Waals surface area contributed by atoms with E-state index in [0.29, 0.717) is 32.0 Å². The van der Waals surface area contributed by atoms with Crippen LogP contribution in [0, 0.1) is 17.5 Å². The number of halogens is 6. The summed E-state index contributed by atoms with van der Waals surface area (Å²) in [4.78, 5) is 16.5. The Kier molecular flexibility index (Phi) is 7.72. The summed E-state index contributed by atoms with van der Waals surface area (Å²) in [5, 5.41) is 2.51. The minimum atomic E-state index is -5.03. The van der Waals surface area contributed by atoms with Gasteiger partial charge < -0.3 is 19.9 Å². The van der Waals surface area contributed by atoms with Crippen LogP contribution in [0.4, 0.5) is 31.1 Å². The zero-order chi connectivity index (χ0) is 24.2. The van der Waals surface area contributed by atoms with E-state index in [9.17, 15) is 31.1 Å². The van der Waals surface area contributed by atoms with Crippen molar-refractivity contribution in [3.8, 4) is 5.75 Å². The molecule has 11 heteroatoms. The number of ether oxygens (including phenoxy) is 1. The van der Waals surface area contributed by atoms with Crippen LogP contribution in [0.15, 0.2) is 36.4 Å². The number of likely N-dealkylation sites (tertiary alicyclic amines) is 1. The summed E-state index contributed by atoms with van der Waals surface area (Å²) in [5.74, 6) is -3.25. The highest BCUT2D eigenvalue weighted by Gasteiger charge is 2.33. The lowest BCUT2D eigenvalue weighted by Gasteiger charge is -2.37. The number of nitrogens with one attached hydrogen (secondary N) is 1. The lowest BCUT2D eigenvalue weighted by atomic mass is 10.0. The van der Waals surface area contributed by atoms with Crippen LogP contribution in [0.25, 0.3) is 0 Å². The number of carbonyl (C=O) groups is 1. The molecule has 2 amide bonds.